The van der Waals surface area contributed by atoms with Crippen LogP contribution in [0, 0.1) is 11.3 Å². The van der Waals surface area contributed by atoms with Crippen LogP contribution < -0.4 is 15.5 Å². The molecule has 0 atom stereocenters. The number of H-pyrrole nitrogens is 1. The number of dihydropyridines is 1. The number of benzene rings is 1. The summed E-state index contributed by atoms with van der Waals surface area (Å²) < 4.78 is 2.88. The Labute approximate surface area is 198 Å². The van der Waals surface area contributed by atoms with Crippen LogP contribution in [0.25, 0.3) is 11.1 Å². The first-order chi connectivity index (χ1) is 14.5. The summed E-state index contributed by atoms with van der Waals surface area (Å²) in [7, 11) is 0. The smallest absolute Gasteiger partial charge is 0.118 e. The predicted octanol–water partition coefficient (Wildman–Crippen LogP) is 5.84. The Bertz CT molecular complexity index is 1280. The third kappa shape index (κ3) is 3.25. The van der Waals surface area contributed by atoms with E-state index in [2.05, 4.69) is 79.4 Å². The maximum absolute atomic E-state index is 9.62. The van der Waals surface area contributed by atoms with Crippen molar-refractivity contribution in [1.82, 2.24) is 15.3 Å². The monoisotopic (exact) mass is 586 g/mol. The molecule has 0 fully saturated rings. The van der Waals surface area contributed by atoms with Crippen LogP contribution in [0.15, 0.2) is 85.1 Å². The molecule has 0 saturated carbocycles. The van der Waals surface area contributed by atoms with E-state index in [9.17, 15) is 5.26 Å². The van der Waals surface area contributed by atoms with Crippen molar-refractivity contribution in [3.8, 4) is 17.2 Å². The van der Waals surface area contributed by atoms with E-state index in [1.165, 1.54) is 0 Å². The number of anilines is 2. The molecule has 0 saturated heterocycles. The second kappa shape index (κ2) is 7.61. The molecule has 0 aromatic heterocycles. The number of hydrogen-bond donors (Lipinski definition) is 3. The minimum Gasteiger partial charge on any atom is -0.348 e. The molecule has 4 aliphatic heterocycles. The first kappa shape index (κ1) is 19.4. The number of aromatic nitrogens is 2. The van der Waals surface area contributed by atoms with Gasteiger partial charge in [-0.25, -0.2) is 0 Å². The summed E-state index contributed by atoms with van der Waals surface area (Å²) in [5.41, 5.74) is 5.58. The van der Waals surface area contributed by atoms with E-state index >= 15 is 0 Å². The molecular weight excluding hydrogens is 576 g/mol. The van der Waals surface area contributed by atoms with Gasteiger partial charge in [0.05, 0.1) is 17.8 Å². The van der Waals surface area contributed by atoms with Crippen LogP contribution in [-0.4, -0.2) is 16.5 Å². The van der Waals surface area contributed by atoms with Gasteiger partial charge in [-0.3, -0.25) is 4.98 Å². The van der Waals surface area contributed by atoms with Gasteiger partial charge < -0.3 is 20.5 Å². The number of pyridine rings is 1. The Morgan fingerprint density at radius 1 is 1.13 bits per heavy atom. The quantitative estimate of drug-likeness (QED) is 0.335. The van der Waals surface area contributed by atoms with E-state index in [0.29, 0.717) is 12.1 Å². The highest BCUT2D eigenvalue weighted by molar-refractivity contribution is 9.13. The number of rotatable bonds is 3. The summed E-state index contributed by atoms with van der Waals surface area (Å²) in [4.78, 5) is 9.62. The molecule has 30 heavy (non-hydrogen) atoms. The van der Waals surface area contributed by atoms with Gasteiger partial charge in [-0.05, 0) is 66.0 Å². The summed E-state index contributed by atoms with van der Waals surface area (Å²) >= 11 is 10.8. The summed E-state index contributed by atoms with van der Waals surface area (Å²) in [6.07, 6.45) is 9.29. The number of allylic oxidation sites excluding steroid dienone is 1. The Hall–Kier alpha value is -2.54. The minimum atomic E-state index is 0.600. The van der Waals surface area contributed by atoms with Crippen molar-refractivity contribution in [3.05, 3.63) is 85.1 Å². The number of aromatic amines is 1. The Morgan fingerprint density at radius 3 is 2.80 bits per heavy atom. The Morgan fingerprint density at radius 2 is 1.97 bits per heavy atom. The highest BCUT2D eigenvalue weighted by Gasteiger charge is 2.29. The summed E-state index contributed by atoms with van der Waals surface area (Å²) in [5, 5.41) is 16.3. The molecule has 9 heteroatoms. The topological polar surface area (TPSA) is 79.8 Å². The SMILES string of the molecule is N#CC1=CNC(Nc2[nH]ccc3cncc2-3)=C2CN(c3cc(Br)c(Br)cc3Br)C=C12. The van der Waals surface area contributed by atoms with Gasteiger partial charge in [-0.15, -0.1) is 0 Å². The van der Waals surface area contributed by atoms with E-state index in [1.54, 1.807) is 6.20 Å². The molecular formula is C21H13Br3N6. The van der Waals surface area contributed by atoms with Gasteiger partial charge in [0.25, 0.3) is 0 Å². The molecule has 0 aliphatic carbocycles. The fraction of sp³-hybridized carbons (Fsp3) is 0.0476. The van der Waals surface area contributed by atoms with E-state index in [4.69, 9.17) is 0 Å². The third-order valence-electron chi connectivity index (χ3n) is 5.05. The molecule has 4 aliphatic rings. The van der Waals surface area contributed by atoms with E-state index < -0.39 is 0 Å². The third-order valence-corrected chi connectivity index (χ3v) is 7.53. The fourth-order valence-electron chi connectivity index (χ4n) is 3.58. The van der Waals surface area contributed by atoms with Crippen LogP contribution in [0.3, 0.4) is 0 Å². The standard InChI is InChI=1S/C21H13Br3N6/c22-16-3-18(24)19(4-17(16)23)30-9-14-12(5-25)7-28-21(15(14)10-30)29-20-13-8-26-6-11(13)1-2-27-20/h1-4,6-9,27-29H,10H2. The lowest BCUT2D eigenvalue weighted by Crippen LogP contribution is -2.24. The largest absolute Gasteiger partial charge is 0.348 e. The Balaban J connectivity index is 1.55. The number of nitriles is 1. The molecule has 5 rings (SSSR count). The highest BCUT2D eigenvalue weighted by atomic mass is 79.9. The molecule has 4 heterocycles. The van der Waals surface area contributed by atoms with Crippen molar-refractivity contribution in [3.63, 3.8) is 0 Å². The van der Waals surface area contributed by atoms with Crippen LogP contribution in [0.4, 0.5) is 11.5 Å². The van der Waals surface area contributed by atoms with Crippen molar-refractivity contribution >= 4 is 59.3 Å². The molecule has 0 bridgehead atoms. The zero-order chi connectivity index (χ0) is 20.8. The Kier molecular flexibility index (Phi) is 4.93. The van der Waals surface area contributed by atoms with Crippen LogP contribution in [0.2, 0.25) is 0 Å². The molecule has 6 nitrogen and oxygen atoms in total. The van der Waals surface area contributed by atoms with Gasteiger partial charge in [0.1, 0.15) is 17.7 Å². The second-order valence-electron chi connectivity index (χ2n) is 6.81. The maximum Gasteiger partial charge on any atom is 0.118 e. The molecule has 0 spiro atoms. The average Bonchev–Trinajstić information content (AvgIpc) is 3.39. The van der Waals surface area contributed by atoms with Crippen molar-refractivity contribution in [2.75, 3.05) is 16.8 Å². The van der Waals surface area contributed by atoms with Crippen molar-refractivity contribution < 1.29 is 0 Å². The summed E-state index contributed by atoms with van der Waals surface area (Å²) in [6, 6.07) is 8.32. The first-order valence-electron chi connectivity index (χ1n) is 8.97. The molecule has 0 amide bonds. The van der Waals surface area contributed by atoms with Crippen molar-refractivity contribution in [1.29, 1.82) is 5.26 Å². The normalized spacial score (nSPS) is 15.5. The van der Waals surface area contributed by atoms with E-state index in [-0.39, 0.29) is 0 Å². The number of fused-ring (bicyclic) bond motifs is 2. The van der Waals surface area contributed by atoms with Gasteiger partial charge in [0.15, 0.2) is 0 Å². The lowest BCUT2D eigenvalue weighted by molar-refractivity contribution is 0.969. The summed E-state index contributed by atoms with van der Waals surface area (Å²) in [6.45, 7) is 0.617. The average molecular weight is 589 g/mol. The zero-order valence-corrected chi connectivity index (χ0v) is 20.1. The van der Waals surface area contributed by atoms with Gasteiger partial charge in [0, 0.05) is 66.7 Å². The first-order valence-corrected chi connectivity index (χ1v) is 11.3. The number of halogens is 3. The van der Waals surface area contributed by atoms with Gasteiger partial charge >= 0.3 is 0 Å². The molecule has 0 unspecified atom stereocenters. The molecule has 148 valence electrons. The van der Waals surface area contributed by atoms with Crippen molar-refractivity contribution in [2.24, 2.45) is 0 Å². The lowest BCUT2D eigenvalue weighted by Gasteiger charge is -2.22. The number of hydrogen-bond acceptors (Lipinski definition) is 5. The molecule has 0 radical (unpaired) electrons. The van der Waals surface area contributed by atoms with Crippen LogP contribution in [-0.2, 0) is 0 Å². The minimum absolute atomic E-state index is 0.600. The van der Waals surface area contributed by atoms with Crippen LogP contribution >= 0.6 is 47.8 Å². The zero-order valence-electron chi connectivity index (χ0n) is 15.3. The van der Waals surface area contributed by atoms with Gasteiger partial charge in [-0.1, -0.05) is 0 Å². The number of nitrogens with zero attached hydrogens (tertiary/aromatic N) is 3. The highest BCUT2D eigenvalue weighted by Crippen LogP contribution is 2.40. The number of nitrogens with one attached hydrogen (secondary N) is 3. The van der Waals surface area contributed by atoms with Crippen LogP contribution in [0.1, 0.15) is 0 Å². The molecule has 3 N–H and O–H groups in total. The van der Waals surface area contributed by atoms with E-state index in [1.807, 2.05) is 43.0 Å². The van der Waals surface area contributed by atoms with Crippen molar-refractivity contribution in [2.45, 2.75) is 0 Å². The van der Waals surface area contributed by atoms with Crippen LogP contribution in [0.5, 0.6) is 0 Å². The lowest BCUT2D eigenvalue weighted by atomic mass is 10.00. The second-order valence-corrected chi connectivity index (χ2v) is 9.37. The van der Waals surface area contributed by atoms with Gasteiger partial charge in [0.2, 0.25) is 0 Å². The van der Waals surface area contributed by atoms with Gasteiger partial charge in [-0.2, -0.15) is 5.26 Å². The predicted molar refractivity (Wildman–Crippen MR) is 128 cm³/mol. The maximum atomic E-state index is 9.62. The molecule has 1 aromatic rings. The fourth-order valence-corrected chi connectivity index (χ4v) is 5.13. The molecule has 1 aromatic carbocycles. The van der Waals surface area contributed by atoms with E-state index in [0.717, 1.165) is 53.0 Å². The summed E-state index contributed by atoms with van der Waals surface area (Å²) in [5.74, 6) is 1.68.